The third-order valence-corrected chi connectivity index (χ3v) is 1.25. The van der Waals surface area contributed by atoms with Crippen LogP contribution in [0, 0.1) is 0 Å². The molecule has 3 nitrogen and oxygen atoms in total. The molecule has 0 aliphatic rings. The summed E-state index contributed by atoms with van der Waals surface area (Å²) in [4.78, 5) is 10.2. The molecule has 0 saturated heterocycles. The predicted octanol–water partition coefficient (Wildman–Crippen LogP) is 1.63. The average Bonchev–Trinajstić information content (AvgIpc) is 2.48. The van der Waals surface area contributed by atoms with Crippen LogP contribution >= 0.6 is 0 Å². The summed E-state index contributed by atoms with van der Waals surface area (Å²) in [5.74, 6) is 1.04. The van der Waals surface area contributed by atoms with Gasteiger partial charge in [-0.2, -0.15) is 0 Å². The summed E-state index contributed by atoms with van der Waals surface area (Å²) in [6.45, 7) is 2.99. The van der Waals surface area contributed by atoms with Gasteiger partial charge < -0.3 is 9.15 Å². The molecular formula is C8H10O3. The number of furan rings is 1. The number of ether oxygens (including phenoxy) is 1. The SMILES string of the molecule is CCOCc1ccc(C=O)o1. The van der Waals surface area contributed by atoms with E-state index in [1.165, 1.54) is 0 Å². The number of rotatable bonds is 4. The summed E-state index contributed by atoms with van der Waals surface area (Å²) >= 11 is 0. The molecule has 60 valence electrons. The van der Waals surface area contributed by atoms with Crippen LogP contribution in [0.15, 0.2) is 16.5 Å². The van der Waals surface area contributed by atoms with Crippen molar-refractivity contribution in [1.29, 1.82) is 0 Å². The van der Waals surface area contributed by atoms with Gasteiger partial charge in [0.2, 0.25) is 0 Å². The molecule has 0 bridgehead atoms. The molecule has 0 fully saturated rings. The van der Waals surface area contributed by atoms with Crippen molar-refractivity contribution in [1.82, 2.24) is 0 Å². The average molecular weight is 154 g/mol. The molecule has 11 heavy (non-hydrogen) atoms. The maximum absolute atomic E-state index is 10.2. The zero-order valence-electron chi connectivity index (χ0n) is 6.37. The Morgan fingerprint density at radius 1 is 1.64 bits per heavy atom. The van der Waals surface area contributed by atoms with Crippen LogP contribution in [0.5, 0.6) is 0 Å². The minimum absolute atomic E-state index is 0.347. The third-order valence-electron chi connectivity index (χ3n) is 1.25. The molecular weight excluding hydrogens is 144 g/mol. The van der Waals surface area contributed by atoms with Gasteiger partial charge in [0.05, 0.1) is 0 Å². The Kier molecular flexibility index (Phi) is 2.86. The van der Waals surface area contributed by atoms with E-state index in [0.29, 0.717) is 31.0 Å². The molecule has 0 aromatic carbocycles. The highest BCUT2D eigenvalue weighted by Crippen LogP contribution is 2.06. The second-order valence-electron chi connectivity index (χ2n) is 2.06. The van der Waals surface area contributed by atoms with E-state index in [4.69, 9.17) is 9.15 Å². The topological polar surface area (TPSA) is 39.4 Å². The molecule has 1 aromatic heterocycles. The van der Waals surface area contributed by atoms with Gasteiger partial charge in [0.1, 0.15) is 12.4 Å². The Labute approximate surface area is 65.0 Å². The number of aldehydes is 1. The normalized spacial score (nSPS) is 9.91. The van der Waals surface area contributed by atoms with E-state index in [-0.39, 0.29) is 0 Å². The molecule has 3 heteroatoms. The van der Waals surface area contributed by atoms with Crippen molar-refractivity contribution in [2.75, 3.05) is 6.61 Å². The van der Waals surface area contributed by atoms with Gasteiger partial charge in [0.15, 0.2) is 12.0 Å². The minimum atomic E-state index is 0.347. The van der Waals surface area contributed by atoms with Crippen LogP contribution in [0.4, 0.5) is 0 Å². The smallest absolute Gasteiger partial charge is 0.185 e. The minimum Gasteiger partial charge on any atom is -0.456 e. The van der Waals surface area contributed by atoms with E-state index in [0.717, 1.165) is 0 Å². The first-order valence-electron chi connectivity index (χ1n) is 3.48. The van der Waals surface area contributed by atoms with Crippen LogP contribution in [-0.4, -0.2) is 12.9 Å². The molecule has 0 atom stereocenters. The summed E-state index contributed by atoms with van der Waals surface area (Å²) < 4.78 is 10.1. The van der Waals surface area contributed by atoms with Crippen molar-refractivity contribution >= 4 is 6.29 Å². The van der Waals surface area contributed by atoms with E-state index in [1.807, 2.05) is 6.92 Å². The van der Waals surface area contributed by atoms with Gasteiger partial charge in [-0.1, -0.05) is 0 Å². The first kappa shape index (κ1) is 8.01. The lowest BCUT2D eigenvalue weighted by Crippen LogP contribution is -1.88. The molecule has 0 aliphatic heterocycles. The van der Waals surface area contributed by atoms with Crippen molar-refractivity contribution in [3.05, 3.63) is 23.7 Å². The molecule has 0 amide bonds. The first-order valence-corrected chi connectivity index (χ1v) is 3.48. The quantitative estimate of drug-likeness (QED) is 0.619. The molecule has 0 saturated carbocycles. The summed E-state index contributed by atoms with van der Waals surface area (Å²) in [5, 5.41) is 0. The Balaban J connectivity index is 2.51. The van der Waals surface area contributed by atoms with Crippen LogP contribution in [0.3, 0.4) is 0 Å². The number of carbonyl (C=O) groups excluding carboxylic acids is 1. The fourth-order valence-corrected chi connectivity index (χ4v) is 0.738. The van der Waals surface area contributed by atoms with Crippen LogP contribution in [0.2, 0.25) is 0 Å². The van der Waals surface area contributed by atoms with Gasteiger partial charge in [-0.25, -0.2) is 0 Å². The van der Waals surface area contributed by atoms with Crippen LogP contribution in [-0.2, 0) is 11.3 Å². The summed E-state index contributed by atoms with van der Waals surface area (Å²) in [6, 6.07) is 3.36. The molecule has 0 N–H and O–H groups in total. The van der Waals surface area contributed by atoms with Crippen LogP contribution in [0.25, 0.3) is 0 Å². The second-order valence-corrected chi connectivity index (χ2v) is 2.06. The lowest BCUT2D eigenvalue weighted by atomic mass is 10.4. The van der Waals surface area contributed by atoms with Crippen molar-refractivity contribution < 1.29 is 13.9 Å². The Morgan fingerprint density at radius 2 is 2.45 bits per heavy atom. The van der Waals surface area contributed by atoms with Gasteiger partial charge in [0.25, 0.3) is 0 Å². The molecule has 0 spiro atoms. The highest BCUT2D eigenvalue weighted by Gasteiger charge is 1.98. The predicted molar refractivity (Wildman–Crippen MR) is 39.4 cm³/mol. The van der Waals surface area contributed by atoms with Gasteiger partial charge in [-0.3, -0.25) is 4.79 Å². The maximum Gasteiger partial charge on any atom is 0.185 e. The van der Waals surface area contributed by atoms with Crippen molar-refractivity contribution in [3.63, 3.8) is 0 Å². The monoisotopic (exact) mass is 154 g/mol. The van der Waals surface area contributed by atoms with Gasteiger partial charge >= 0.3 is 0 Å². The Morgan fingerprint density at radius 3 is 3.00 bits per heavy atom. The molecule has 0 radical (unpaired) electrons. The highest BCUT2D eigenvalue weighted by atomic mass is 16.5. The highest BCUT2D eigenvalue weighted by molar-refractivity contribution is 5.70. The standard InChI is InChI=1S/C8H10O3/c1-2-10-6-8-4-3-7(5-9)11-8/h3-5H,2,6H2,1H3. The van der Waals surface area contributed by atoms with Crippen LogP contribution in [0.1, 0.15) is 23.2 Å². The van der Waals surface area contributed by atoms with Crippen molar-refractivity contribution in [3.8, 4) is 0 Å². The van der Waals surface area contributed by atoms with E-state index < -0.39 is 0 Å². The number of carbonyl (C=O) groups is 1. The third kappa shape index (κ3) is 2.20. The fraction of sp³-hybridized carbons (Fsp3) is 0.375. The second kappa shape index (κ2) is 3.93. The number of hydrogen-bond acceptors (Lipinski definition) is 3. The van der Waals surface area contributed by atoms with E-state index in [1.54, 1.807) is 12.1 Å². The molecule has 1 heterocycles. The van der Waals surface area contributed by atoms with Gasteiger partial charge in [-0.15, -0.1) is 0 Å². The zero-order chi connectivity index (χ0) is 8.10. The fourth-order valence-electron chi connectivity index (χ4n) is 0.738. The molecule has 1 aromatic rings. The summed E-state index contributed by atoms with van der Waals surface area (Å²) in [5.41, 5.74) is 0. The van der Waals surface area contributed by atoms with E-state index >= 15 is 0 Å². The Hall–Kier alpha value is -1.09. The molecule has 1 rings (SSSR count). The first-order chi connectivity index (χ1) is 5.36. The van der Waals surface area contributed by atoms with E-state index in [2.05, 4.69) is 0 Å². The lowest BCUT2D eigenvalue weighted by Gasteiger charge is -1.94. The summed E-state index contributed by atoms with van der Waals surface area (Å²) in [6.07, 6.45) is 0.676. The maximum atomic E-state index is 10.2. The van der Waals surface area contributed by atoms with Crippen molar-refractivity contribution in [2.45, 2.75) is 13.5 Å². The van der Waals surface area contributed by atoms with E-state index in [9.17, 15) is 4.79 Å². The summed E-state index contributed by atoms with van der Waals surface area (Å²) in [7, 11) is 0. The Bertz CT molecular complexity index is 227. The largest absolute Gasteiger partial charge is 0.456 e. The lowest BCUT2D eigenvalue weighted by molar-refractivity contribution is 0.106. The van der Waals surface area contributed by atoms with Gasteiger partial charge in [0, 0.05) is 6.61 Å². The van der Waals surface area contributed by atoms with Crippen molar-refractivity contribution in [2.24, 2.45) is 0 Å². The molecule has 0 aliphatic carbocycles. The zero-order valence-corrected chi connectivity index (χ0v) is 6.37. The molecule has 0 unspecified atom stereocenters. The van der Waals surface area contributed by atoms with Gasteiger partial charge in [-0.05, 0) is 19.1 Å². The number of hydrogen-bond donors (Lipinski definition) is 0. The van der Waals surface area contributed by atoms with Crippen LogP contribution < -0.4 is 0 Å².